The number of hydrogen-bond donors (Lipinski definition) is 1. The smallest absolute Gasteiger partial charge is 0.217 e. The van der Waals surface area contributed by atoms with Crippen LogP contribution in [0.25, 0.3) is 0 Å². The molecule has 0 aliphatic carbocycles. The van der Waals surface area contributed by atoms with Crippen molar-refractivity contribution in [2.24, 2.45) is 0 Å². The Morgan fingerprint density at radius 1 is 1.26 bits per heavy atom. The number of carbonyl (C=O) groups excluding carboxylic acids is 1. The van der Waals surface area contributed by atoms with Crippen LogP contribution in [0, 0.1) is 0 Å². The van der Waals surface area contributed by atoms with Gasteiger partial charge in [-0.05, 0) is 5.56 Å². The van der Waals surface area contributed by atoms with Gasteiger partial charge in [0.2, 0.25) is 5.91 Å². The number of imidazole rings is 1. The summed E-state index contributed by atoms with van der Waals surface area (Å²) in [6.07, 6.45) is 3.67. The summed E-state index contributed by atoms with van der Waals surface area (Å²) in [6.45, 7) is 6.75. The molecule has 0 saturated heterocycles. The van der Waals surface area contributed by atoms with Crippen LogP contribution in [0.15, 0.2) is 42.7 Å². The van der Waals surface area contributed by atoms with Crippen LogP contribution >= 0.6 is 0 Å². The normalized spacial score (nSPS) is 9.42. The fraction of sp³-hybridized carbons (Fsp3) is 0.333. The molecule has 102 valence electrons. The third-order valence-electron chi connectivity index (χ3n) is 2.49. The molecule has 0 fully saturated rings. The van der Waals surface area contributed by atoms with Crippen molar-refractivity contribution >= 4 is 5.91 Å². The molecule has 1 heterocycles. The minimum Gasteiger partial charge on any atom is -0.349 e. The van der Waals surface area contributed by atoms with Crippen LogP contribution in [0.1, 0.15) is 32.2 Å². The van der Waals surface area contributed by atoms with Crippen LogP contribution < -0.4 is 5.32 Å². The fourth-order valence-corrected chi connectivity index (χ4v) is 1.63. The second kappa shape index (κ2) is 8.08. The summed E-state index contributed by atoms with van der Waals surface area (Å²) in [7, 11) is 0. The highest BCUT2D eigenvalue weighted by atomic mass is 16.1. The first-order valence-corrected chi connectivity index (χ1v) is 6.54. The summed E-state index contributed by atoms with van der Waals surface area (Å²) >= 11 is 0. The Morgan fingerprint density at radius 3 is 2.58 bits per heavy atom. The third kappa shape index (κ3) is 4.95. The summed E-state index contributed by atoms with van der Waals surface area (Å²) < 4.78 is 2.03. The van der Waals surface area contributed by atoms with Crippen LogP contribution in [0.4, 0.5) is 0 Å². The first-order chi connectivity index (χ1) is 9.25. The molecule has 0 aliphatic rings. The zero-order valence-electron chi connectivity index (χ0n) is 11.8. The lowest BCUT2D eigenvalue weighted by atomic mass is 10.2. The van der Waals surface area contributed by atoms with Gasteiger partial charge in [0, 0.05) is 25.9 Å². The summed E-state index contributed by atoms with van der Waals surface area (Å²) in [5, 5.41) is 2.75. The van der Waals surface area contributed by atoms with Gasteiger partial charge in [-0.15, -0.1) is 0 Å². The van der Waals surface area contributed by atoms with E-state index in [2.05, 4.69) is 22.4 Å². The average molecular weight is 259 g/mol. The zero-order valence-corrected chi connectivity index (χ0v) is 11.8. The second-order valence-corrected chi connectivity index (χ2v) is 3.87. The summed E-state index contributed by atoms with van der Waals surface area (Å²) in [6, 6.07) is 10.2. The number of hydrogen-bond acceptors (Lipinski definition) is 2. The lowest BCUT2D eigenvalue weighted by molar-refractivity contribution is -0.119. The van der Waals surface area contributed by atoms with Crippen molar-refractivity contribution in [3.63, 3.8) is 0 Å². The monoisotopic (exact) mass is 259 g/mol. The van der Waals surface area contributed by atoms with Gasteiger partial charge in [-0.3, -0.25) is 4.79 Å². The van der Waals surface area contributed by atoms with E-state index in [-0.39, 0.29) is 5.91 Å². The number of aromatic nitrogens is 2. The molecule has 0 atom stereocenters. The van der Waals surface area contributed by atoms with E-state index in [1.165, 1.54) is 12.5 Å². The molecule has 1 N–H and O–H groups in total. The molecule has 4 nitrogen and oxygen atoms in total. The fourth-order valence-electron chi connectivity index (χ4n) is 1.63. The van der Waals surface area contributed by atoms with E-state index in [0.717, 1.165) is 12.4 Å². The predicted octanol–water partition coefficient (Wildman–Crippen LogP) is 2.59. The molecule has 2 aromatic rings. The van der Waals surface area contributed by atoms with Gasteiger partial charge in [0.05, 0.1) is 6.54 Å². The first kappa shape index (κ1) is 15.0. The Labute approximate surface area is 114 Å². The number of amides is 1. The molecule has 1 amide bonds. The third-order valence-corrected chi connectivity index (χ3v) is 2.49. The molecule has 0 aliphatic heterocycles. The molecule has 2 rings (SSSR count). The van der Waals surface area contributed by atoms with Gasteiger partial charge >= 0.3 is 0 Å². The number of benzene rings is 1. The molecule has 0 radical (unpaired) electrons. The molecule has 19 heavy (non-hydrogen) atoms. The molecular weight excluding hydrogens is 238 g/mol. The highest BCUT2D eigenvalue weighted by molar-refractivity contribution is 5.72. The summed E-state index contributed by atoms with van der Waals surface area (Å²) in [5.41, 5.74) is 1.22. The zero-order chi connectivity index (χ0) is 14.1. The van der Waals surface area contributed by atoms with Crippen LogP contribution in [0.5, 0.6) is 0 Å². The van der Waals surface area contributed by atoms with Crippen molar-refractivity contribution in [2.45, 2.75) is 33.9 Å². The van der Waals surface area contributed by atoms with Gasteiger partial charge in [-0.25, -0.2) is 4.98 Å². The number of rotatable bonds is 4. The van der Waals surface area contributed by atoms with E-state index >= 15 is 0 Å². The molecular formula is C15H21N3O. The molecule has 1 aromatic heterocycles. The van der Waals surface area contributed by atoms with Crippen molar-refractivity contribution in [1.82, 2.24) is 14.9 Å². The van der Waals surface area contributed by atoms with Crippen molar-refractivity contribution in [3.05, 3.63) is 54.1 Å². The topological polar surface area (TPSA) is 46.9 Å². The Morgan fingerprint density at radius 2 is 1.95 bits per heavy atom. The molecule has 0 bridgehead atoms. The van der Waals surface area contributed by atoms with Crippen molar-refractivity contribution in [3.8, 4) is 0 Å². The SMILES string of the molecule is CC.CC(=O)NCc1nccn1Cc1ccccc1. The van der Waals surface area contributed by atoms with E-state index in [9.17, 15) is 4.79 Å². The number of nitrogens with one attached hydrogen (secondary N) is 1. The van der Waals surface area contributed by atoms with E-state index in [1.54, 1.807) is 6.20 Å². The highest BCUT2D eigenvalue weighted by Gasteiger charge is 2.03. The van der Waals surface area contributed by atoms with Gasteiger partial charge in [0.25, 0.3) is 0 Å². The maximum absolute atomic E-state index is 10.9. The van der Waals surface area contributed by atoms with Gasteiger partial charge in [-0.2, -0.15) is 0 Å². The standard InChI is InChI=1S/C13H15N3O.C2H6/c1-11(17)15-9-13-14-7-8-16(13)10-12-5-3-2-4-6-12;1-2/h2-8H,9-10H2,1H3,(H,15,17);1-2H3. The van der Waals surface area contributed by atoms with Crippen molar-refractivity contribution in [2.75, 3.05) is 0 Å². The maximum atomic E-state index is 10.9. The van der Waals surface area contributed by atoms with Gasteiger partial charge in [0.15, 0.2) is 0 Å². The minimum atomic E-state index is -0.0424. The molecule has 0 unspecified atom stereocenters. The highest BCUT2D eigenvalue weighted by Crippen LogP contribution is 2.05. The van der Waals surface area contributed by atoms with Crippen LogP contribution in [0.2, 0.25) is 0 Å². The second-order valence-electron chi connectivity index (χ2n) is 3.87. The van der Waals surface area contributed by atoms with Gasteiger partial charge < -0.3 is 9.88 Å². The van der Waals surface area contributed by atoms with Crippen LogP contribution in [0.3, 0.4) is 0 Å². The Kier molecular flexibility index (Phi) is 6.36. The lowest BCUT2D eigenvalue weighted by Crippen LogP contribution is -2.21. The maximum Gasteiger partial charge on any atom is 0.217 e. The Bertz CT molecular complexity index is 491. The van der Waals surface area contributed by atoms with Crippen LogP contribution in [-0.2, 0) is 17.9 Å². The van der Waals surface area contributed by atoms with Crippen molar-refractivity contribution < 1.29 is 4.79 Å². The minimum absolute atomic E-state index is 0.0424. The largest absolute Gasteiger partial charge is 0.349 e. The van der Waals surface area contributed by atoms with Crippen LogP contribution in [-0.4, -0.2) is 15.5 Å². The molecule has 0 spiro atoms. The van der Waals surface area contributed by atoms with E-state index in [1.807, 2.05) is 42.8 Å². The summed E-state index contributed by atoms with van der Waals surface area (Å²) in [5.74, 6) is 0.823. The Balaban J connectivity index is 0.000000861. The number of carbonyl (C=O) groups is 1. The quantitative estimate of drug-likeness (QED) is 0.917. The van der Waals surface area contributed by atoms with Crippen molar-refractivity contribution in [1.29, 1.82) is 0 Å². The molecule has 0 saturated carbocycles. The molecule has 4 heteroatoms. The Hall–Kier alpha value is -2.10. The summed E-state index contributed by atoms with van der Waals surface area (Å²) in [4.78, 5) is 15.1. The first-order valence-electron chi connectivity index (χ1n) is 6.54. The van der Waals surface area contributed by atoms with Gasteiger partial charge in [0.1, 0.15) is 5.82 Å². The lowest BCUT2D eigenvalue weighted by Gasteiger charge is -2.08. The van der Waals surface area contributed by atoms with Gasteiger partial charge in [-0.1, -0.05) is 44.2 Å². The predicted molar refractivity (Wildman–Crippen MR) is 76.6 cm³/mol. The van der Waals surface area contributed by atoms with E-state index in [4.69, 9.17) is 0 Å². The van der Waals surface area contributed by atoms with E-state index < -0.39 is 0 Å². The van der Waals surface area contributed by atoms with E-state index in [0.29, 0.717) is 6.54 Å². The average Bonchev–Trinajstić information content (AvgIpc) is 2.87. The molecule has 1 aromatic carbocycles. The number of nitrogens with zero attached hydrogens (tertiary/aromatic N) is 2.